The van der Waals surface area contributed by atoms with Crippen molar-refractivity contribution in [2.75, 3.05) is 26.3 Å². The van der Waals surface area contributed by atoms with E-state index >= 15 is 0 Å². The Hall–Kier alpha value is -2.19. The third-order valence-electron chi connectivity index (χ3n) is 6.24. The quantitative estimate of drug-likeness (QED) is 0.470. The number of piperidine rings is 1. The van der Waals surface area contributed by atoms with Crippen molar-refractivity contribution >= 4 is 17.7 Å². The van der Waals surface area contributed by atoms with Crippen LogP contribution in [0.5, 0.6) is 0 Å². The second-order valence-electron chi connectivity index (χ2n) is 8.69. The lowest BCUT2D eigenvalue weighted by atomic mass is 9.89. The van der Waals surface area contributed by atoms with E-state index < -0.39 is 12.2 Å². The van der Waals surface area contributed by atoms with Gasteiger partial charge in [-0.05, 0) is 52.4 Å². The van der Waals surface area contributed by atoms with Gasteiger partial charge in [-0.2, -0.15) is 0 Å². The summed E-state index contributed by atoms with van der Waals surface area (Å²) in [7, 11) is 0. The Labute approximate surface area is 191 Å². The molecule has 0 aromatic heterocycles. The van der Waals surface area contributed by atoms with Crippen LogP contribution >= 0.6 is 0 Å². The van der Waals surface area contributed by atoms with Crippen LogP contribution in [0.15, 0.2) is 25.3 Å². The molecule has 32 heavy (non-hydrogen) atoms. The van der Waals surface area contributed by atoms with Crippen molar-refractivity contribution in [3.05, 3.63) is 25.3 Å². The van der Waals surface area contributed by atoms with Gasteiger partial charge in [0.15, 0.2) is 0 Å². The lowest BCUT2D eigenvalue weighted by Gasteiger charge is -2.35. The fourth-order valence-electron chi connectivity index (χ4n) is 4.21. The molecule has 3 amide bonds. The molecule has 8 nitrogen and oxygen atoms in total. The van der Waals surface area contributed by atoms with E-state index in [1.54, 1.807) is 30.9 Å². The number of nitrogens with zero attached hydrogens (tertiary/aromatic N) is 1. The molecule has 1 aliphatic carbocycles. The van der Waals surface area contributed by atoms with Gasteiger partial charge in [0.1, 0.15) is 12.2 Å². The van der Waals surface area contributed by atoms with Crippen LogP contribution in [-0.2, 0) is 23.9 Å². The zero-order chi connectivity index (χ0) is 23.5. The van der Waals surface area contributed by atoms with E-state index in [1.165, 1.54) is 0 Å². The molecule has 0 unspecified atom stereocenters. The molecule has 2 atom stereocenters. The minimum absolute atomic E-state index is 0.0321. The second-order valence-corrected chi connectivity index (χ2v) is 8.69. The summed E-state index contributed by atoms with van der Waals surface area (Å²) in [6.45, 7) is 12.5. The van der Waals surface area contributed by atoms with E-state index in [4.69, 9.17) is 9.47 Å². The summed E-state index contributed by atoms with van der Waals surface area (Å²) in [5, 5.41) is 6.22. The van der Waals surface area contributed by atoms with E-state index in [0.717, 1.165) is 25.7 Å². The predicted molar refractivity (Wildman–Crippen MR) is 123 cm³/mol. The van der Waals surface area contributed by atoms with Crippen LogP contribution in [0.25, 0.3) is 0 Å². The van der Waals surface area contributed by atoms with Gasteiger partial charge in [-0.1, -0.05) is 12.2 Å². The maximum atomic E-state index is 12.7. The van der Waals surface area contributed by atoms with Crippen LogP contribution in [0.2, 0.25) is 0 Å². The summed E-state index contributed by atoms with van der Waals surface area (Å²) in [5.74, 6) is -0.129. The van der Waals surface area contributed by atoms with Crippen molar-refractivity contribution in [2.24, 2.45) is 5.92 Å². The van der Waals surface area contributed by atoms with Crippen molar-refractivity contribution in [1.82, 2.24) is 15.5 Å². The lowest BCUT2D eigenvalue weighted by Crippen LogP contribution is -2.49. The van der Waals surface area contributed by atoms with E-state index in [2.05, 4.69) is 23.8 Å². The van der Waals surface area contributed by atoms with Crippen molar-refractivity contribution in [3.8, 4) is 0 Å². The Bertz CT molecular complexity index is 652. The molecule has 0 aromatic rings. The Morgan fingerprint density at radius 3 is 1.91 bits per heavy atom. The minimum Gasteiger partial charge on any atom is -0.365 e. The molecule has 1 aliphatic heterocycles. The Kier molecular flexibility index (Phi) is 10.9. The van der Waals surface area contributed by atoms with E-state index in [0.29, 0.717) is 39.1 Å². The summed E-state index contributed by atoms with van der Waals surface area (Å²) in [5.41, 5.74) is 0. The number of carbonyl (C=O) groups is 3. The zero-order valence-electron chi connectivity index (χ0n) is 19.5. The maximum Gasteiger partial charge on any atom is 0.251 e. The standard InChI is InChI=1S/C24H39N3O5/c1-5-15-31-17(3)22(28)25-20-7-9-21(10-8-20)26-23(29)19-11-13-27(14-12-19)24(30)18(4)32-16-6-2/h5-6,17-21H,1-2,7-16H2,3-4H3,(H,25,28)(H,26,29)/t17-,18-,20?,21?/m0/s1. The van der Waals surface area contributed by atoms with Gasteiger partial charge in [-0.25, -0.2) is 0 Å². The lowest BCUT2D eigenvalue weighted by molar-refractivity contribution is -0.144. The number of likely N-dealkylation sites (tertiary alicyclic amines) is 1. The van der Waals surface area contributed by atoms with Crippen molar-refractivity contribution in [3.63, 3.8) is 0 Å². The van der Waals surface area contributed by atoms with E-state index in [-0.39, 0.29) is 35.7 Å². The summed E-state index contributed by atoms with van der Waals surface area (Å²) >= 11 is 0. The molecule has 2 aliphatic rings. The van der Waals surface area contributed by atoms with Gasteiger partial charge in [0.05, 0.1) is 13.2 Å². The molecule has 0 radical (unpaired) electrons. The number of ether oxygens (including phenoxy) is 2. The highest BCUT2D eigenvalue weighted by molar-refractivity contribution is 5.82. The third kappa shape index (κ3) is 8.06. The first-order valence-electron chi connectivity index (χ1n) is 11.7. The molecule has 0 aromatic carbocycles. The average Bonchev–Trinajstić information content (AvgIpc) is 2.81. The normalized spacial score (nSPS) is 23.6. The summed E-state index contributed by atoms with van der Waals surface area (Å²) in [6.07, 6.45) is 6.94. The van der Waals surface area contributed by atoms with Gasteiger partial charge in [0.2, 0.25) is 11.8 Å². The number of nitrogens with one attached hydrogen (secondary N) is 2. The molecule has 1 saturated carbocycles. The van der Waals surface area contributed by atoms with Crippen LogP contribution in [0.4, 0.5) is 0 Å². The summed E-state index contributed by atoms with van der Waals surface area (Å²) in [6, 6.07) is 0.252. The first-order chi connectivity index (χ1) is 15.3. The first kappa shape index (κ1) is 26.1. The van der Waals surface area contributed by atoms with Crippen LogP contribution < -0.4 is 10.6 Å². The summed E-state index contributed by atoms with van der Waals surface area (Å²) in [4.78, 5) is 39.1. The van der Waals surface area contributed by atoms with Crippen molar-refractivity contribution < 1.29 is 23.9 Å². The molecule has 180 valence electrons. The molecule has 2 rings (SSSR count). The SMILES string of the molecule is C=CCO[C@@H](C)C(=O)NC1CCC(NC(=O)C2CCN(C(=O)[C@H](C)OCC=C)CC2)CC1. The zero-order valence-corrected chi connectivity index (χ0v) is 19.5. The monoisotopic (exact) mass is 449 g/mol. The number of hydrogen-bond acceptors (Lipinski definition) is 5. The van der Waals surface area contributed by atoms with Crippen LogP contribution in [-0.4, -0.2) is 73.2 Å². The average molecular weight is 450 g/mol. The molecule has 2 fully saturated rings. The second kappa shape index (κ2) is 13.4. The highest BCUT2D eigenvalue weighted by atomic mass is 16.5. The molecular weight excluding hydrogens is 410 g/mol. The van der Waals surface area contributed by atoms with E-state index in [9.17, 15) is 14.4 Å². The predicted octanol–water partition coefficient (Wildman–Crippen LogP) is 1.95. The van der Waals surface area contributed by atoms with Crippen LogP contribution in [0.3, 0.4) is 0 Å². The highest BCUT2D eigenvalue weighted by Crippen LogP contribution is 2.22. The molecule has 0 bridgehead atoms. The van der Waals surface area contributed by atoms with Gasteiger partial charge in [-0.15, -0.1) is 13.2 Å². The number of rotatable bonds is 11. The van der Waals surface area contributed by atoms with Gasteiger partial charge in [0.25, 0.3) is 5.91 Å². The largest absolute Gasteiger partial charge is 0.365 e. The van der Waals surface area contributed by atoms with Crippen LogP contribution in [0.1, 0.15) is 52.4 Å². The van der Waals surface area contributed by atoms with Crippen LogP contribution in [0, 0.1) is 5.92 Å². The maximum absolute atomic E-state index is 12.7. The molecular formula is C24H39N3O5. The van der Waals surface area contributed by atoms with Gasteiger partial charge in [-0.3, -0.25) is 14.4 Å². The van der Waals surface area contributed by atoms with Gasteiger partial charge >= 0.3 is 0 Å². The Morgan fingerprint density at radius 1 is 0.875 bits per heavy atom. The fourth-order valence-corrected chi connectivity index (χ4v) is 4.21. The van der Waals surface area contributed by atoms with Gasteiger partial charge in [0, 0.05) is 31.1 Å². The van der Waals surface area contributed by atoms with Crippen molar-refractivity contribution in [1.29, 1.82) is 0 Å². The van der Waals surface area contributed by atoms with Crippen molar-refractivity contribution in [2.45, 2.75) is 76.7 Å². The smallest absolute Gasteiger partial charge is 0.251 e. The Morgan fingerprint density at radius 2 is 1.38 bits per heavy atom. The molecule has 2 N–H and O–H groups in total. The summed E-state index contributed by atoms with van der Waals surface area (Å²) < 4.78 is 10.8. The molecule has 8 heteroatoms. The number of carbonyl (C=O) groups excluding carboxylic acids is 3. The number of hydrogen-bond donors (Lipinski definition) is 2. The molecule has 1 saturated heterocycles. The third-order valence-corrected chi connectivity index (χ3v) is 6.24. The highest BCUT2D eigenvalue weighted by Gasteiger charge is 2.31. The molecule has 0 spiro atoms. The first-order valence-corrected chi connectivity index (χ1v) is 11.7. The fraction of sp³-hybridized carbons (Fsp3) is 0.708. The van der Waals surface area contributed by atoms with E-state index in [1.807, 2.05) is 0 Å². The Balaban J connectivity index is 1.67. The number of amides is 3. The minimum atomic E-state index is -0.500. The topological polar surface area (TPSA) is 97.0 Å². The van der Waals surface area contributed by atoms with Gasteiger partial charge < -0.3 is 25.0 Å². The molecule has 1 heterocycles.